The largest absolute Gasteiger partial charge is 0.381 e. The Morgan fingerprint density at radius 2 is 1.67 bits per heavy atom. The van der Waals surface area contributed by atoms with Crippen molar-refractivity contribution >= 4 is 28.9 Å². The minimum absolute atomic E-state index is 0.0443. The lowest BCUT2D eigenvalue weighted by Crippen LogP contribution is -2.39. The molecule has 2 aliphatic heterocycles. The maximum absolute atomic E-state index is 12.8. The van der Waals surface area contributed by atoms with Crippen LogP contribution in [-0.4, -0.2) is 23.6 Å². The van der Waals surface area contributed by atoms with Crippen molar-refractivity contribution in [3.63, 3.8) is 0 Å². The van der Waals surface area contributed by atoms with Crippen molar-refractivity contribution in [2.24, 2.45) is 0 Å². The summed E-state index contributed by atoms with van der Waals surface area (Å²) < 4.78 is 0. The zero-order valence-electron chi connectivity index (χ0n) is 15.4. The molecule has 0 radical (unpaired) electrons. The van der Waals surface area contributed by atoms with E-state index in [1.165, 1.54) is 6.92 Å². The molecule has 2 atom stereocenters. The van der Waals surface area contributed by atoms with Crippen LogP contribution in [0.4, 0.5) is 5.69 Å². The Bertz CT molecular complexity index is 1020. The second-order valence-corrected chi connectivity index (χ2v) is 7.28. The van der Waals surface area contributed by atoms with Crippen molar-refractivity contribution in [2.45, 2.75) is 32.2 Å². The summed E-state index contributed by atoms with van der Waals surface area (Å²) in [5.74, 6) is -0.806. The molecule has 0 bridgehead atoms. The van der Waals surface area contributed by atoms with Crippen LogP contribution >= 0.6 is 0 Å². The fourth-order valence-corrected chi connectivity index (χ4v) is 4.12. The molecule has 136 valence electrons. The predicted octanol–water partition coefficient (Wildman–Crippen LogP) is 3.07. The van der Waals surface area contributed by atoms with Crippen molar-refractivity contribution in [2.75, 3.05) is 5.32 Å². The first-order valence-corrected chi connectivity index (χ1v) is 8.92. The van der Waals surface area contributed by atoms with Crippen molar-refractivity contribution in [3.05, 3.63) is 70.8 Å². The van der Waals surface area contributed by atoms with E-state index in [1.54, 1.807) is 24.3 Å². The van der Waals surface area contributed by atoms with Gasteiger partial charge in [-0.1, -0.05) is 42.5 Å². The minimum Gasteiger partial charge on any atom is -0.381 e. The summed E-state index contributed by atoms with van der Waals surface area (Å²) in [6.07, 6.45) is 0. The zero-order valence-corrected chi connectivity index (χ0v) is 15.4. The topological polar surface area (TPSA) is 75.3 Å². The smallest absolute Gasteiger partial charge is 0.259 e. The Morgan fingerprint density at radius 3 is 2.33 bits per heavy atom. The number of imide groups is 1. The van der Waals surface area contributed by atoms with Gasteiger partial charge in [-0.05, 0) is 38.0 Å². The van der Waals surface area contributed by atoms with Gasteiger partial charge in [-0.3, -0.25) is 19.7 Å². The number of amides is 2. The molecule has 0 saturated heterocycles. The van der Waals surface area contributed by atoms with Gasteiger partial charge in [0.2, 0.25) is 0 Å². The lowest BCUT2D eigenvalue weighted by molar-refractivity contribution is -0.123. The van der Waals surface area contributed by atoms with E-state index in [-0.39, 0.29) is 17.7 Å². The van der Waals surface area contributed by atoms with Crippen LogP contribution in [0.15, 0.2) is 54.1 Å². The molecule has 2 amide bonds. The number of fused-ring (bicyclic) bond motifs is 1. The van der Waals surface area contributed by atoms with Gasteiger partial charge in [0.15, 0.2) is 5.78 Å². The van der Waals surface area contributed by atoms with Crippen molar-refractivity contribution < 1.29 is 14.4 Å². The summed E-state index contributed by atoms with van der Waals surface area (Å²) in [6.45, 7) is 5.50. The van der Waals surface area contributed by atoms with Gasteiger partial charge in [-0.15, -0.1) is 0 Å². The summed E-state index contributed by atoms with van der Waals surface area (Å²) in [6, 6.07) is 14.6. The molecule has 4 rings (SSSR count). The number of carbonyl (C=O) groups excluding carboxylic acids is 3. The lowest BCUT2D eigenvalue weighted by atomic mass is 9.71. The van der Waals surface area contributed by atoms with Crippen molar-refractivity contribution in [3.8, 4) is 0 Å². The van der Waals surface area contributed by atoms with Crippen molar-refractivity contribution in [1.82, 2.24) is 5.32 Å². The Morgan fingerprint density at radius 1 is 1.00 bits per heavy atom. The number of ketones is 1. The fraction of sp³-hybridized carbons (Fsp3) is 0.227. The van der Waals surface area contributed by atoms with Gasteiger partial charge >= 0.3 is 0 Å². The normalized spacial score (nSPS) is 23.9. The Kier molecular flexibility index (Phi) is 3.77. The molecule has 2 aliphatic rings. The van der Waals surface area contributed by atoms with E-state index in [1.807, 2.05) is 38.1 Å². The number of hydrogen-bond acceptors (Lipinski definition) is 4. The first-order chi connectivity index (χ1) is 12.8. The van der Waals surface area contributed by atoms with Crippen LogP contribution in [0.2, 0.25) is 0 Å². The van der Waals surface area contributed by atoms with Crippen LogP contribution in [0.5, 0.6) is 0 Å². The lowest BCUT2D eigenvalue weighted by Gasteiger charge is -2.31. The molecular formula is C22H20N2O3. The third kappa shape index (κ3) is 2.42. The zero-order chi connectivity index (χ0) is 19.3. The highest BCUT2D eigenvalue weighted by Crippen LogP contribution is 2.49. The first kappa shape index (κ1) is 17.2. The fourth-order valence-electron chi connectivity index (χ4n) is 4.12. The Hall–Kier alpha value is -3.21. The van der Waals surface area contributed by atoms with Crippen molar-refractivity contribution in [1.29, 1.82) is 0 Å². The molecule has 0 saturated carbocycles. The van der Waals surface area contributed by atoms with E-state index in [0.29, 0.717) is 22.3 Å². The molecule has 2 heterocycles. The number of nitrogens with one attached hydrogen (secondary N) is 2. The number of Topliss-reactive ketones (excluding diaryl/α,β-unsaturated/α-hetero) is 1. The SMILES string of the molecule is CC(=O)c1ccc(C2=C(C3(C)c4ccccc4NC3C)C(=O)NC2=O)cc1. The summed E-state index contributed by atoms with van der Waals surface area (Å²) >= 11 is 0. The van der Waals surface area contributed by atoms with Crippen LogP contribution in [0.1, 0.15) is 42.3 Å². The number of carbonyl (C=O) groups is 3. The number of benzene rings is 2. The Balaban J connectivity index is 1.94. The van der Waals surface area contributed by atoms with Gasteiger partial charge in [0.25, 0.3) is 11.8 Å². The molecule has 0 spiro atoms. The van der Waals surface area contributed by atoms with Crippen LogP contribution in [0.25, 0.3) is 5.57 Å². The van der Waals surface area contributed by atoms with Gasteiger partial charge in [0, 0.05) is 28.3 Å². The van der Waals surface area contributed by atoms with Crippen LogP contribution in [0, 0.1) is 0 Å². The first-order valence-electron chi connectivity index (χ1n) is 8.92. The van der Waals surface area contributed by atoms with E-state index in [0.717, 1.165) is 11.3 Å². The number of rotatable bonds is 3. The second-order valence-electron chi connectivity index (χ2n) is 7.28. The van der Waals surface area contributed by atoms with Crippen LogP contribution < -0.4 is 10.6 Å². The van der Waals surface area contributed by atoms with Gasteiger partial charge in [-0.2, -0.15) is 0 Å². The molecule has 0 aliphatic carbocycles. The predicted molar refractivity (Wildman–Crippen MR) is 103 cm³/mol. The van der Waals surface area contributed by atoms with Gasteiger partial charge in [0.05, 0.1) is 5.57 Å². The van der Waals surface area contributed by atoms with Crippen LogP contribution in [0.3, 0.4) is 0 Å². The third-order valence-electron chi connectivity index (χ3n) is 5.76. The van der Waals surface area contributed by atoms with E-state index < -0.39 is 11.3 Å². The highest BCUT2D eigenvalue weighted by molar-refractivity contribution is 6.37. The van der Waals surface area contributed by atoms with Gasteiger partial charge < -0.3 is 5.32 Å². The molecule has 0 aromatic heterocycles. The monoisotopic (exact) mass is 360 g/mol. The number of hydrogen-bond donors (Lipinski definition) is 2. The molecule has 2 N–H and O–H groups in total. The van der Waals surface area contributed by atoms with Crippen LogP contribution in [-0.2, 0) is 15.0 Å². The molecule has 2 aromatic carbocycles. The standard InChI is InChI=1S/C22H20N2O3/c1-12(25)14-8-10-15(11-9-14)18-19(21(27)24-20(18)26)22(3)13(2)23-17-7-5-4-6-16(17)22/h4-11,13,23H,1-3H3,(H,24,26,27). The Labute approximate surface area is 157 Å². The highest BCUT2D eigenvalue weighted by atomic mass is 16.2. The number of anilines is 1. The average Bonchev–Trinajstić information content (AvgIpc) is 3.09. The summed E-state index contributed by atoms with van der Waals surface area (Å²) in [4.78, 5) is 37.0. The summed E-state index contributed by atoms with van der Waals surface area (Å²) in [5.41, 5.74) is 3.36. The second kappa shape index (κ2) is 5.91. The molecule has 0 fully saturated rings. The summed E-state index contributed by atoms with van der Waals surface area (Å²) in [7, 11) is 0. The molecule has 2 unspecified atom stereocenters. The maximum Gasteiger partial charge on any atom is 0.259 e. The minimum atomic E-state index is -0.651. The van der Waals surface area contributed by atoms with E-state index in [9.17, 15) is 14.4 Å². The molecular weight excluding hydrogens is 340 g/mol. The third-order valence-corrected chi connectivity index (χ3v) is 5.76. The van der Waals surface area contributed by atoms with E-state index in [4.69, 9.17) is 0 Å². The maximum atomic E-state index is 12.8. The summed E-state index contributed by atoms with van der Waals surface area (Å²) in [5, 5.41) is 5.89. The highest BCUT2D eigenvalue weighted by Gasteiger charge is 2.50. The van der Waals surface area contributed by atoms with Gasteiger partial charge in [0.1, 0.15) is 0 Å². The van der Waals surface area contributed by atoms with E-state index >= 15 is 0 Å². The molecule has 5 heteroatoms. The average molecular weight is 360 g/mol. The molecule has 2 aromatic rings. The van der Waals surface area contributed by atoms with E-state index in [2.05, 4.69) is 10.6 Å². The van der Waals surface area contributed by atoms with Gasteiger partial charge in [-0.25, -0.2) is 0 Å². The molecule has 5 nitrogen and oxygen atoms in total. The quantitative estimate of drug-likeness (QED) is 0.652. The number of para-hydroxylation sites is 1. The molecule has 27 heavy (non-hydrogen) atoms.